The summed E-state index contributed by atoms with van der Waals surface area (Å²) in [6, 6.07) is 39.2. The van der Waals surface area contributed by atoms with Crippen LogP contribution in [0.25, 0.3) is 0 Å². The standard InChI is InChI=1S/C34H34O5/c35-34(29-19-11-4-12-20-29)39-33-31(37-24-27-15-7-2-8-16-27)21-30(36-23-26-13-5-1-6-14-26)22-32(33)38-25-28-17-9-3-10-18-28/h1-20,30-33H,21-25H2/t30?,31-,32-,33?/m0/s1. The summed E-state index contributed by atoms with van der Waals surface area (Å²) in [5, 5.41) is 0. The lowest BCUT2D eigenvalue weighted by atomic mass is 9.88. The van der Waals surface area contributed by atoms with E-state index in [1.807, 2.05) is 97.1 Å². The largest absolute Gasteiger partial charge is 0.453 e. The summed E-state index contributed by atoms with van der Waals surface area (Å²) < 4.78 is 25.4. The predicted molar refractivity (Wildman–Crippen MR) is 150 cm³/mol. The van der Waals surface area contributed by atoms with Gasteiger partial charge in [-0.05, 0) is 28.8 Å². The van der Waals surface area contributed by atoms with Gasteiger partial charge < -0.3 is 18.9 Å². The molecule has 5 heteroatoms. The maximum atomic E-state index is 13.2. The zero-order chi connectivity index (χ0) is 26.7. The number of hydrogen-bond acceptors (Lipinski definition) is 5. The molecule has 5 rings (SSSR count). The summed E-state index contributed by atoms with van der Waals surface area (Å²) in [7, 11) is 0. The molecular formula is C34H34O5. The molecule has 1 fully saturated rings. The van der Waals surface area contributed by atoms with Crippen molar-refractivity contribution in [2.45, 2.75) is 57.1 Å². The van der Waals surface area contributed by atoms with Crippen molar-refractivity contribution in [3.05, 3.63) is 144 Å². The molecule has 1 aliphatic carbocycles. The fourth-order valence-electron chi connectivity index (χ4n) is 4.84. The van der Waals surface area contributed by atoms with Gasteiger partial charge in [0.25, 0.3) is 0 Å². The lowest BCUT2D eigenvalue weighted by Crippen LogP contribution is -2.51. The Balaban J connectivity index is 1.36. The minimum atomic E-state index is -0.582. The van der Waals surface area contributed by atoms with Crippen molar-refractivity contribution in [1.29, 1.82) is 0 Å². The van der Waals surface area contributed by atoms with E-state index in [0.29, 0.717) is 38.2 Å². The SMILES string of the molecule is O=C(OC1[C@@H](OCc2ccccc2)CC(OCc2ccccc2)C[C@@H]1OCc1ccccc1)c1ccccc1. The molecule has 0 spiro atoms. The molecule has 0 aromatic heterocycles. The lowest BCUT2D eigenvalue weighted by Gasteiger charge is -2.40. The molecule has 0 radical (unpaired) electrons. The van der Waals surface area contributed by atoms with Gasteiger partial charge >= 0.3 is 5.97 Å². The van der Waals surface area contributed by atoms with Gasteiger partial charge in [-0.25, -0.2) is 4.79 Å². The van der Waals surface area contributed by atoms with Crippen molar-refractivity contribution in [3.63, 3.8) is 0 Å². The van der Waals surface area contributed by atoms with Crippen LogP contribution in [-0.2, 0) is 38.8 Å². The summed E-state index contributed by atoms with van der Waals surface area (Å²) in [4.78, 5) is 13.2. The molecule has 2 atom stereocenters. The zero-order valence-electron chi connectivity index (χ0n) is 21.9. The summed E-state index contributed by atoms with van der Waals surface area (Å²) in [6.07, 6.45) is -0.295. The van der Waals surface area contributed by atoms with E-state index in [1.54, 1.807) is 12.1 Å². The first kappa shape index (κ1) is 26.8. The number of hydrogen-bond donors (Lipinski definition) is 0. The van der Waals surface area contributed by atoms with E-state index in [1.165, 1.54) is 0 Å². The topological polar surface area (TPSA) is 54.0 Å². The lowest BCUT2D eigenvalue weighted by molar-refractivity contribution is -0.176. The van der Waals surface area contributed by atoms with Gasteiger partial charge in [-0.15, -0.1) is 0 Å². The maximum absolute atomic E-state index is 13.2. The first-order valence-electron chi connectivity index (χ1n) is 13.5. The molecule has 4 aromatic rings. The minimum absolute atomic E-state index is 0.113. The second-order valence-electron chi connectivity index (χ2n) is 9.80. The van der Waals surface area contributed by atoms with Crippen LogP contribution in [0.1, 0.15) is 39.9 Å². The van der Waals surface area contributed by atoms with Crippen molar-refractivity contribution in [2.75, 3.05) is 0 Å². The van der Waals surface area contributed by atoms with E-state index in [0.717, 1.165) is 16.7 Å². The summed E-state index contributed by atoms with van der Waals surface area (Å²) in [5.74, 6) is -0.383. The molecule has 4 aromatic carbocycles. The maximum Gasteiger partial charge on any atom is 0.338 e. The van der Waals surface area contributed by atoms with E-state index < -0.39 is 18.3 Å². The highest BCUT2D eigenvalue weighted by Gasteiger charge is 2.42. The third-order valence-corrected chi connectivity index (χ3v) is 6.92. The molecule has 1 saturated carbocycles. The molecule has 0 amide bonds. The predicted octanol–water partition coefficient (Wildman–Crippen LogP) is 6.76. The van der Waals surface area contributed by atoms with Crippen LogP contribution in [0.15, 0.2) is 121 Å². The Morgan fingerprint density at radius 2 is 0.923 bits per heavy atom. The van der Waals surface area contributed by atoms with Crippen LogP contribution < -0.4 is 0 Å². The smallest absolute Gasteiger partial charge is 0.338 e. The van der Waals surface area contributed by atoms with Crippen molar-refractivity contribution < 1.29 is 23.7 Å². The molecule has 0 unspecified atom stereocenters. The molecule has 0 aliphatic heterocycles. The third kappa shape index (κ3) is 7.87. The Morgan fingerprint density at radius 3 is 1.36 bits per heavy atom. The van der Waals surface area contributed by atoms with Gasteiger partial charge in [0.2, 0.25) is 0 Å². The van der Waals surface area contributed by atoms with Crippen LogP contribution in [0, 0.1) is 0 Å². The molecule has 0 bridgehead atoms. The number of carbonyl (C=O) groups is 1. The van der Waals surface area contributed by atoms with E-state index in [-0.39, 0.29) is 12.1 Å². The Labute approximate surface area is 230 Å². The van der Waals surface area contributed by atoms with Crippen LogP contribution in [0.5, 0.6) is 0 Å². The molecule has 1 aliphatic rings. The summed E-state index contributed by atoms with van der Waals surface area (Å²) in [6.45, 7) is 1.31. The molecule has 200 valence electrons. The third-order valence-electron chi connectivity index (χ3n) is 6.92. The van der Waals surface area contributed by atoms with E-state index in [9.17, 15) is 4.79 Å². The number of carbonyl (C=O) groups excluding carboxylic acids is 1. The average Bonchev–Trinajstić information content (AvgIpc) is 3.01. The van der Waals surface area contributed by atoms with Gasteiger partial charge in [-0.1, -0.05) is 109 Å². The van der Waals surface area contributed by atoms with Crippen LogP contribution in [-0.4, -0.2) is 30.4 Å². The second-order valence-corrected chi connectivity index (χ2v) is 9.80. The Morgan fingerprint density at radius 1 is 0.538 bits per heavy atom. The highest BCUT2D eigenvalue weighted by atomic mass is 16.6. The Kier molecular flexibility index (Phi) is 9.53. The summed E-state index contributed by atoms with van der Waals surface area (Å²) >= 11 is 0. The second kappa shape index (κ2) is 13.9. The van der Waals surface area contributed by atoms with Crippen molar-refractivity contribution in [3.8, 4) is 0 Å². The van der Waals surface area contributed by atoms with Crippen LogP contribution in [0.4, 0.5) is 0 Å². The molecular weight excluding hydrogens is 488 g/mol. The Bertz CT molecular complexity index is 1210. The number of rotatable bonds is 11. The first-order valence-corrected chi connectivity index (χ1v) is 13.5. The van der Waals surface area contributed by atoms with Crippen molar-refractivity contribution in [2.24, 2.45) is 0 Å². The summed E-state index contributed by atoms with van der Waals surface area (Å²) in [5.41, 5.74) is 3.72. The number of ether oxygens (including phenoxy) is 4. The number of benzene rings is 4. The minimum Gasteiger partial charge on any atom is -0.453 e. The monoisotopic (exact) mass is 522 g/mol. The molecule has 0 N–H and O–H groups in total. The van der Waals surface area contributed by atoms with E-state index >= 15 is 0 Å². The van der Waals surface area contributed by atoms with Crippen molar-refractivity contribution in [1.82, 2.24) is 0 Å². The zero-order valence-corrected chi connectivity index (χ0v) is 21.9. The first-order chi connectivity index (χ1) is 19.2. The highest BCUT2D eigenvalue weighted by molar-refractivity contribution is 5.89. The molecule has 0 saturated heterocycles. The highest BCUT2D eigenvalue weighted by Crippen LogP contribution is 2.31. The normalized spacial score (nSPS) is 20.8. The van der Waals surface area contributed by atoms with Crippen LogP contribution in [0.3, 0.4) is 0 Å². The van der Waals surface area contributed by atoms with Gasteiger partial charge in [0.05, 0.1) is 43.7 Å². The fourth-order valence-corrected chi connectivity index (χ4v) is 4.84. The van der Waals surface area contributed by atoms with E-state index in [4.69, 9.17) is 18.9 Å². The van der Waals surface area contributed by atoms with Gasteiger partial charge in [0.15, 0.2) is 6.10 Å². The molecule has 39 heavy (non-hydrogen) atoms. The Hall–Kier alpha value is -3.77. The van der Waals surface area contributed by atoms with Crippen LogP contribution >= 0.6 is 0 Å². The van der Waals surface area contributed by atoms with Gasteiger partial charge in [-0.2, -0.15) is 0 Å². The van der Waals surface area contributed by atoms with Crippen LogP contribution in [0.2, 0.25) is 0 Å². The van der Waals surface area contributed by atoms with Crippen molar-refractivity contribution >= 4 is 5.97 Å². The fraction of sp³-hybridized carbons (Fsp3) is 0.265. The van der Waals surface area contributed by atoms with E-state index in [2.05, 4.69) is 12.1 Å². The molecule has 0 heterocycles. The average molecular weight is 523 g/mol. The van der Waals surface area contributed by atoms with Gasteiger partial charge in [0, 0.05) is 12.8 Å². The molecule has 5 nitrogen and oxygen atoms in total. The quantitative estimate of drug-likeness (QED) is 0.204. The number of esters is 1. The van der Waals surface area contributed by atoms with Gasteiger partial charge in [-0.3, -0.25) is 0 Å². The van der Waals surface area contributed by atoms with Gasteiger partial charge in [0.1, 0.15) is 0 Å².